The standard InChI is InChI=1S/C16H17BrN2O.C2H6/c1-10(2)9-19(12(4)20)16-14(17)8-13-6-5-11(3)7-15(13)18-16;1-2/h5-8H,1,9H2,2-4H3;1-2H3. The number of anilines is 1. The van der Waals surface area contributed by atoms with Crippen LogP contribution in [-0.4, -0.2) is 17.4 Å². The van der Waals surface area contributed by atoms with E-state index in [-0.39, 0.29) is 5.91 Å². The van der Waals surface area contributed by atoms with Gasteiger partial charge in [0.15, 0.2) is 5.82 Å². The maximum atomic E-state index is 11.9. The van der Waals surface area contributed by atoms with Crippen LogP contribution in [0.1, 0.15) is 33.3 Å². The van der Waals surface area contributed by atoms with Crippen LogP contribution in [0.5, 0.6) is 0 Å². The van der Waals surface area contributed by atoms with E-state index in [9.17, 15) is 4.79 Å². The zero-order valence-electron chi connectivity index (χ0n) is 13.9. The van der Waals surface area contributed by atoms with Crippen molar-refractivity contribution in [1.29, 1.82) is 0 Å². The Balaban J connectivity index is 0.00000116. The van der Waals surface area contributed by atoms with E-state index in [0.717, 1.165) is 26.5 Å². The normalized spacial score (nSPS) is 9.91. The van der Waals surface area contributed by atoms with E-state index >= 15 is 0 Å². The molecular weight excluding hydrogens is 340 g/mol. The summed E-state index contributed by atoms with van der Waals surface area (Å²) in [6.45, 7) is 13.8. The number of hydrogen-bond donors (Lipinski definition) is 0. The van der Waals surface area contributed by atoms with E-state index in [1.807, 2.05) is 52.0 Å². The van der Waals surface area contributed by atoms with Gasteiger partial charge in [-0.25, -0.2) is 4.98 Å². The van der Waals surface area contributed by atoms with Crippen LogP contribution in [-0.2, 0) is 4.79 Å². The third-order valence-corrected chi connectivity index (χ3v) is 3.56. The molecule has 2 aromatic rings. The highest BCUT2D eigenvalue weighted by molar-refractivity contribution is 9.10. The monoisotopic (exact) mass is 362 g/mol. The van der Waals surface area contributed by atoms with E-state index < -0.39 is 0 Å². The van der Waals surface area contributed by atoms with Crippen molar-refractivity contribution < 1.29 is 4.79 Å². The van der Waals surface area contributed by atoms with Crippen LogP contribution in [0.25, 0.3) is 10.9 Å². The predicted molar refractivity (Wildman–Crippen MR) is 98.4 cm³/mol. The van der Waals surface area contributed by atoms with Crippen molar-refractivity contribution in [2.75, 3.05) is 11.4 Å². The van der Waals surface area contributed by atoms with Gasteiger partial charge in [-0.15, -0.1) is 0 Å². The van der Waals surface area contributed by atoms with Crippen LogP contribution < -0.4 is 4.90 Å². The van der Waals surface area contributed by atoms with Crippen molar-refractivity contribution in [2.45, 2.75) is 34.6 Å². The Bertz CT molecular complexity index is 695. The number of fused-ring (bicyclic) bond motifs is 1. The van der Waals surface area contributed by atoms with Gasteiger partial charge >= 0.3 is 0 Å². The summed E-state index contributed by atoms with van der Waals surface area (Å²) in [5.41, 5.74) is 2.95. The van der Waals surface area contributed by atoms with Gasteiger partial charge in [0, 0.05) is 18.9 Å². The molecule has 0 aliphatic carbocycles. The van der Waals surface area contributed by atoms with E-state index in [1.165, 1.54) is 6.92 Å². The van der Waals surface area contributed by atoms with Crippen molar-refractivity contribution in [2.24, 2.45) is 0 Å². The topological polar surface area (TPSA) is 33.2 Å². The van der Waals surface area contributed by atoms with Crippen molar-refractivity contribution in [3.8, 4) is 0 Å². The lowest BCUT2D eigenvalue weighted by molar-refractivity contribution is -0.116. The Morgan fingerprint density at radius 2 is 1.91 bits per heavy atom. The number of aromatic nitrogens is 1. The largest absolute Gasteiger partial charge is 0.292 e. The molecule has 0 bridgehead atoms. The molecule has 3 nitrogen and oxygen atoms in total. The summed E-state index contributed by atoms with van der Waals surface area (Å²) in [5.74, 6) is 0.590. The number of aryl methyl sites for hydroxylation is 1. The molecule has 1 amide bonds. The summed E-state index contributed by atoms with van der Waals surface area (Å²) < 4.78 is 0.810. The molecule has 0 saturated heterocycles. The highest BCUT2D eigenvalue weighted by atomic mass is 79.9. The van der Waals surface area contributed by atoms with Gasteiger partial charge < -0.3 is 0 Å². The summed E-state index contributed by atoms with van der Waals surface area (Å²) >= 11 is 3.51. The Morgan fingerprint density at radius 3 is 2.45 bits per heavy atom. The molecule has 1 aromatic carbocycles. The fourth-order valence-corrected chi connectivity index (χ4v) is 2.59. The Morgan fingerprint density at radius 1 is 1.27 bits per heavy atom. The number of rotatable bonds is 3. The average Bonchev–Trinajstić information content (AvgIpc) is 2.46. The number of hydrogen-bond acceptors (Lipinski definition) is 2. The highest BCUT2D eigenvalue weighted by Crippen LogP contribution is 2.29. The number of pyridine rings is 1. The molecule has 1 aromatic heterocycles. The van der Waals surface area contributed by atoms with Crippen molar-refractivity contribution in [3.05, 3.63) is 46.5 Å². The SMILES string of the molecule is C=C(C)CN(C(C)=O)c1nc2cc(C)ccc2cc1Br.CC. The molecule has 22 heavy (non-hydrogen) atoms. The minimum absolute atomic E-state index is 0.0480. The zero-order valence-corrected chi connectivity index (χ0v) is 15.5. The lowest BCUT2D eigenvalue weighted by atomic mass is 10.1. The smallest absolute Gasteiger partial charge is 0.225 e. The van der Waals surface area contributed by atoms with E-state index in [1.54, 1.807) is 4.90 Å². The van der Waals surface area contributed by atoms with Crippen molar-refractivity contribution in [1.82, 2.24) is 4.98 Å². The maximum Gasteiger partial charge on any atom is 0.225 e. The van der Waals surface area contributed by atoms with Crippen molar-refractivity contribution >= 4 is 38.6 Å². The molecule has 0 aliphatic heterocycles. The van der Waals surface area contributed by atoms with Gasteiger partial charge in [0.25, 0.3) is 0 Å². The summed E-state index contributed by atoms with van der Waals surface area (Å²) in [4.78, 5) is 18.1. The number of halogens is 1. The molecule has 0 aliphatic rings. The molecular formula is C18H23BrN2O. The van der Waals surface area contributed by atoms with Crippen LogP contribution >= 0.6 is 15.9 Å². The predicted octanol–water partition coefficient (Wildman–Crippen LogP) is 5.26. The molecule has 0 radical (unpaired) electrons. The molecule has 0 N–H and O–H groups in total. The number of benzene rings is 1. The lowest BCUT2D eigenvalue weighted by Crippen LogP contribution is -2.31. The molecule has 0 unspecified atom stereocenters. The molecule has 4 heteroatoms. The van der Waals surface area contributed by atoms with Crippen LogP contribution in [0.4, 0.5) is 5.82 Å². The molecule has 118 valence electrons. The second-order valence-electron chi connectivity index (χ2n) is 5.05. The summed E-state index contributed by atoms with van der Waals surface area (Å²) in [7, 11) is 0. The first-order valence-corrected chi connectivity index (χ1v) is 8.17. The molecule has 0 atom stereocenters. The molecule has 0 spiro atoms. The van der Waals surface area contributed by atoms with Crippen LogP contribution in [0.15, 0.2) is 40.9 Å². The van der Waals surface area contributed by atoms with E-state index in [4.69, 9.17) is 0 Å². The first kappa shape index (κ1) is 18.4. The third kappa shape index (κ3) is 4.41. The fraction of sp³-hybridized carbons (Fsp3) is 0.333. The number of carbonyl (C=O) groups is 1. The number of nitrogens with zero attached hydrogens (tertiary/aromatic N) is 2. The first-order chi connectivity index (χ1) is 10.4. The maximum absolute atomic E-state index is 11.9. The minimum Gasteiger partial charge on any atom is -0.292 e. The highest BCUT2D eigenvalue weighted by Gasteiger charge is 2.17. The van der Waals surface area contributed by atoms with Gasteiger partial charge in [0.05, 0.1) is 9.99 Å². The third-order valence-electron chi connectivity index (χ3n) is 2.97. The molecule has 1 heterocycles. The summed E-state index contributed by atoms with van der Waals surface area (Å²) in [6.07, 6.45) is 0. The molecule has 0 saturated carbocycles. The van der Waals surface area contributed by atoms with Crippen LogP contribution in [0.2, 0.25) is 0 Å². The molecule has 2 rings (SSSR count). The average molecular weight is 363 g/mol. The lowest BCUT2D eigenvalue weighted by Gasteiger charge is -2.22. The van der Waals surface area contributed by atoms with Crippen LogP contribution in [0, 0.1) is 6.92 Å². The van der Waals surface area contributed by atoms with Gasteiger partial charge in [-0.2, -0.15) is 0 Å². The minimum atomic E-state index is -0.0480. The zero-order chi connectivity index (χ0) is 16.9. The Kier molecular flexibility index (Phi) is 6.75. The summed E-state index contributed by atoms with van der Waals surface area (Å²) in [5, 5.41) is 1.05. The fourth-order valence-electron chi connectivity index (χ4n) is 2.04. The van der Waals surface area contributed by atoms with Gasteiger partial charge in [0.2, 0.25) is 5.91 Å². The van der Waals surface area contributed by atoms with Gasteiger partial charge in [-0.3, -0.25) is 9.69 Å². The molecule has 0 fully saturated rings. The van der Waals surface area contributed by atoms with Gasteiger partial charge in [-0.1, -0.05) is 38.1 Å². The van der Waals surface area contributed by atoms with Crippen LogP contribution in [0.3, 0.4) is 0 Å². The van der Waals surface area contributed by atoms with E-state index in [2.05, 4.69) is 27.5 Å². The van der Waals surface area contributed by atoms with Crippen molar-refractivity contribution in [3.63, 3.8) is 0 Å². The second kappa shape index (κ2) is 8.08. The van der Waals surface area contributed by atoms with Gasteiger partial charge in [0.1, 0.15) is 0 Å². The quantitative estimate of drug-likeness (QED) is 0.697. The summed E-state index contributed by atoms with van der Waals surface area (Å²) in [6, 6.07) is 8.09. The van der Waals surface area contributed by atoms with Gasteiger partial charge in [-0.05, 0) is 47.5 Å². The van der Waals surface area contributed by atoms with E-state index in [0.29, 0.717) is 12.4 Å². The number of carbonyl (C=O) groups excluding carboxylic acids is 1. The Labute approximate surface area is 141 Å². The second-order valence-corrected chi connectivity index (χ2v) is 5.91. The Hall–Kier alpha value is -1.68. The first-order valence-electron chi connectivity index (χ1n) is 7.38. The number of amides is 1.